The van der Waals surface area contributed by atoms with Crippen LogP contribution in [0.25, 0.3) is 22.0 Å². The number of para-hydroxylation sites is 1. The van der Waals surface area contributed by atoms with Crippen LogP contribution in [0.3, 0.4) is 0 Å². The van der Waals surface area contributed by atoms with Crippen LogP contribution >= 0.6 is 0 Å². The maximum atomic E-state index is 13.4. The zero-order valence-corrected chi connectivity index (χ0v) is 35.4. The molecule has 3 aromatic carbocycles. The number of primary amides is 1. The van der Waals surface area contributed by atoms with E-state index in [2.05, 4.69) is 40.1 Å². The molecule has 0 saturated carbocycles. The van der Waals surface area contributed by atoms with Gasteiger partial charge in [-0.05, 0) is 46.7 Å². The molecule has 1 aliphatic carbocycles. The number of hydrazine groups is 1. The number of amides is 6. The predicted octanol–water partition coefficient (Wildman–Crippen LogP) is 3.30. The van der Waals surface area contributed by atoms with Gasteiger partial charge >= 0.3 is 12.0 Å². The number of fused-ring (bicyclic) bond motifs is 4. The van der Waals surface area contributed by atoms with Crippen LogP contribution in [-0.4, -0.2) is 128 Å². The molecule has 0 saturated heterocycles. The Morgan fingerprint density at radius 3 is 2.13 bits per heavy atom. The molecule has 4 aromatic rings. The largest absolute Gasteiger partial charge is 0.447 e. The highest BCUT2D eigenvalue weighted by molar-refractivity contribution is 5.92. The first-order valence-electron chi connectivity index (χ1n) is 20.3. The molecule has 4 N–H and O–H groups in total. The fraction of sp³-hybridized carbons (Fsp3) is 0.409. The summed E-state index contributed by atoms with van der Waals surface area (Å²) in [6.07, 6.45) is -0.968. The lowest BCUT2D eigenvalue weighted by atomic mass is 9.98. The highest BCUT2D eigenvalue weighted by Crippen LogP contribution is 2.44. The van der Waals surface area contributed by atoms with Crippen molar-refractivity contribution in [3.05, 3.63) is 101 Å². The zero-order chi connectivity index (χ0) is 44.8. The Hall–Kier alpha value is -6.50. The van der Waals surface area contributed by atoms with Gasteiger partial charge in [0.15, 0.2) is 0 Å². The van der Waals surface area contributed by atoms with Gasteiger partial charge < -0.3 is 40.0 Å². The molecule has 18 heteroatoms. The van der Waals surface area contributed by atoms with E-state index in [-0.39, 0.29) is 70.8 Å². The molecule has 6 amide bonds. The molecular weight excluding hydrogens is 801 g/mol. The topological polar surface area (TPSA) is 224 Å². The summed E-state index contributed by atoms with van der Waals surface area (Å²) >= 11 is 0. The number of carbonyl (C=O) groups is 6. The van der Waals surface area contributed by atoms with E-state index in [0.29, 0.717) is 6.54 Å². The minimum Gasteiger partial charge on any atom is -0.447 e. The second-order valence-corrected chi connectivity index (χ2v) is 14.9. The van der Waals surface area contributed by atoms with E-state index in [1.165, 1.54) is 19.0 Å². The Bertz CT molecular complexity index is 2200. The summed E-state index contributed by atoms with van der Waals surface area (Å²) in [5.74, 6) is -3.26. The lowest BCUT2D eigenvalue weighted by molar-refractivity contribution is -0.138. The summed E-state index contributed by atoms with van der Waals surface area (Å²) < 4.78 is 18.7. The van der Waals surface area contributed by atoms with Crippen LogP contribution < -0.4 is 16.4 Å². The van der Waals surface area contributed by atoms with Crippen LogP contribution in [0.2, 0.25) is 0 Å². The molecule has 1 aliphatic rings. The van der Waals surface area contributed by atoms with Crippen molar-refractivity contribution < 1.29 is 43.0 Å². The van der Waals surface area contributed by atoms with E-state index < -0.39 is 48.2 Å². The van der Waals surface area contributed by atoms with E-state index in [0.717, 1.165) is 43.8 Å². The van der Waals surface area contributed by atoms with Crippen molar-refractivity contribution in [2.75, 3.05) is 60.7 Å². The van der Waals surface area contributed by atoms with Gasteiger partial charge in [0.2, 0.25) is 23.6 Å². The van der Waals surface area contributed by atoms with Gasteiger partial charge in [-0.25, -0.2) is 14.8 Å². The van der Waals surface area contributed by atoms with Gasteiger partial charge in [0, 0.05) is 63.0 Å². The Balaban J connectivity index is 1.07. The minimum atomic E-state index is -1.21. The SMILES string of the molecule is C[C@@H](C(=O)N=O)N(C)C(=O)CCOCCOCCNC(=O)[C@H](CC(N)=O)NC(=O)CCn1c(CN(C)N(C)C(=O)OCC2c3ccccc3-c3ccccc32)cc2ccccc21. The van der Waals surface area contributed by atoms with Crippen molar-refractivity contribution in [2.45, 2.75) is 57.3 Å². The number of nitrogens with zero attached hydrogens (tertiary/aromatic N) is 5. The molecule has 18 nitrogen and oxygen atoms in total. The maximum absolute atomic E-state index is 13.4. The van der Waals surface area contributed by atoms with Gasteiger partial charge in [-0.1, -0.05) is 66.7 Å². The molecule has 5 rings (SSSR count). The van der Waals surface area contributed by atoms with Crippen molar-refractivity contribution in [1.29, 1.82) is 0 Å². The molecule has 0 radical (unpaired) electrons. The lowest BCUT2D eigenvalue weighted by Crippen LogP contribution is -2.49. The van der Waals surface area contributed by atoms with E-state index in [1.54, 1.807) is 19.1 Å². The van der Waals surface area contributed by atoms with Crippen LogP contribution in [-0.2, 0) is 51.3 Å². The van der Waals surface area contributed by atoms with Crippen molar-refractivity contribution in [3.8, 4) is 11.1 Å². The number of hydrogen-bond acceptors (Lipinski definition) is 11. The molecule has 2 atom stereocenters. The fourth-order valence-electron chi connectivity index (χ4n) is 7.21. The number of aryl methyl sites for hydroxylation is 1. The molecule has 0 unspecified atom stereocenters. The molecule has 1 aromatic heterocycles. The first kappa shape index (κ1) is 46.6. The number of ether oxygens (including phenoxy) is 3. The first-order chi connectivity index (χ1) is 29.8. The number of nitroso groups, excluding NO2 is 1. The Labute approximate surface area is 359 Å². The Morgan fingerprint density at radius 1 is 0.839 bits per heavy atom. The van der Waals surface area contributed by atoms with Crippen molar-refractivity contribution in [2.24, 2.45) is 10.9 Å². The molecule has 62 heavy (non-hydrogen) atoms. The van der Waals surface area contributed by atoms with E-state index >= 15 is 0 Å². The number of nitrogens with two attached hydrogens (primary N) is 1. The van der Waals surface area contributed by atoms with Crippen molar-refractivity contribution in [1.82, 2.24) is 30.1 Å². The monoisotopic (exact) mass is 854 g/mol. The van der Waals surface area contributed by atoms with Crippen LogP contribution in [0.4, 0.5) is 4.79 Å². The van der Waals surface area contributed by atoms with Crippen molar-refractivity contribution in [3.63, 3.8) is 0 Å². The number of rotatable bonds is 23. The molecule has 0 bridgehead atoms. The van der Waals surface area contributed by atoms with Crippen LogP contribution in [0.1, 0.15) is 48.9 Å². The Kier molecular flexibility index (Phi) is 16.8. The standard InChI is InChI=1S/C44H54N8O10/c1-29(42(56)48-59)50(3)41(55)18-21-60-23-24-61-22-19-46-43(57)37(26-39(45)53)47-40(54)17-20-52-31(25-30-11-5-10-16-38(30)52)27-49(2)51(4)44(58)62-28-36-34-14-8-6-12-32(34)33-13-7-9-15-35(33)36/h5-16,25,29,36-37H,17-24,26-28H2,1-4H3,(H2,45,53)(H,46,57)(H,47,54)/t29-,37-/m0/s1. The highest BCUT2D eigenvalue weighted by atomic mass is 16.6. The van der Waals surface area contributed by atoms with Gasteiger partial charge in [-0.2, -0.15) is 0 Å². The second kappa shape index (κ2) is 22.4. The number of benzene rings is 3. The lowest BCUT2D eigenvalue weighted by Gasteiger charge is -2.28. The van der Waals surface area contributed by atoms with Gasteiger partial charge in [0.1, 0.15) is 18.7 Å². The first-order valence-corrected chi connectivity index (χ1v) is 20.3. The van der Waals surface area contributed by atoms with Gasteiger partial charge in [0.25, 0.3) is 0 Å². The third-order valence-corrected chi connectivity index (χ3v) is 10.8. The second-order valence-electron chi connectivity index (χ2n) is 14.9. The average molecular weight is 855 g/mol. The summed E-state index contributed by atoms with van der Waals surface area (Å²) in [7, 11) is 4.81. The summed E-state index contributed by atoms with van der Waals surface area (Å²) in [4.78, 5) is 86.6. The summed E-state index contributed by atoms with van der Waals surface area (Å²) in [6.45, 7) is 2.66. The fourth-order valence-corrected chi connectivity index (χ4v) is 7.21. The van der Waals surface area contributed by atoms with Gasteiger partial charge in [-0.15, -0.1) is 4.91 Å². The van der Waals surface area contributed by atoms with Gasteiger partial charge in [0.05, 0.1) is 45.8 Å². The summed E-state index contributed by atoms with van der Waals surface area (Å²) in [5.41, 5.74) is 11.6. The molecule has 0 fully saturated rings. The number of nitrogens with one attached hydrogen (secondary N) is 2. The average Bonchev–Trinajstić information content (AvgIpc) is 3.79. The number of carbonyl (C=O) groups excluding carboxylic acids is 6. The molecule has 1 heterocycles. The van der Waals surface area contributed by atoms with Crippen molar-refractivity contribution >= 4 is 46.5 Å². The molecule has 330 valence electrons. The third-order valence-electron chi connectivity index (χ3n) is 10.8. The van der Waals surface area contributed by atoms with Crippen LogP contribution in [0.15, 0.2) is 84.0 Å². The summed E-state index contributed by atoms with van der Waals surface area (Å²) in [5, 5.41) is 11.7. The van der Waals surface area contributed by atoms with Crippen LogP contribution in [0.5, 0.6) is 0 Å². The third kappa shape index (κ3) is 12.1. The van der Waals surface area contributed by atoms with Gasteiger partial charge in [-0.3, -0.25) is 24.0 Å². The predicted molar refractivity (Wildman–Crippen MR) is 229 cm³/mol. The zero-order valence-electron chi connectivity index (χ0n) is 35.4. The molecule has 0 aliphatic heterocycles. The number of likely N-dealkylation sites (N-methyl/N-ethyl adjacent to an activating group) is 1. The minimum absolute atomic E-state index is 0.0140. The Morgan fingerprint density at radius 2 is 1.47 bits per heavy atom. The number of aromatic nitrogens is 1. The van der Waals surface area contributed by atoms with Crippen LogP contribution in [0, 0.1) is 4.91 Å². The summed E-state index contributed by atoms with van der Waals surface area (Å²) in [6, 6.07) is 23.8. The maximum Gasteiger partial charge on any atom is 0.424 e. The van der Waals surface area contributed by atoms with E-state index in [1.807, 2.05) is 59.2 Å². The molecular formula is C44H54N8O10. The normalized spacial score (nSPS) is 12.9. The van der Waals surface area contributed by atoms with E-state index in [9.17, 15) is 33.7 Å². The molecule has 0 spiro atoms. The highest BCUT2D eigenvalue weighted by Gasteiger charge is 2.30. The quantitative estimate of drug-likeness (QED) is 0.0558. The van der Waals surface area contributed by atoms with E-state index in [4.69, 9.17) is 19.9 Å². The smallest absolute Gasteiger partial charge is 0.424 e. The number of hydrogen-bond donors (Lipinski definition) is 3.